The van der Waals surface area contributed by atoms with Crippen LogP contribution in [0.5, 0.6) is 0 Å². The summed E-state index contributed by atoms with van der Waals surface area (Å²) in [4.78, 5) is 12.7. The summed E-state index contributed by atoms with van der Waals surface area (Å²) >= 11 is 0. The lowest BCUT2D eigenvalue weighted by Gasteiger charge is -2.48. The second kappa shape index (κ2) is 6.95. The smallest absolute Gasteiger partial charge is 0.316 e. The van der Waals surface area contributed by atoms with Gasteiger partial charge in [0.15, 0.2) is 0 Å². The van der Waals surface area contributed by atoms with Gasteiger partial charge in [0, 0.05) is 12.8 Å². The van der Waals surface area contributed by atoms with Crippen molar-refractivity contribution in [3.05, 3.63) is 35.9 Å². The van der Waals surface area contributed by atoms with E-state index >= 15 is 0 Å². The first-order valence-electron chi connectivity index (χ1n) is 9.95. The van der Waals surface area contributed by atoms with Gasteiger partial charge in [-0.15, -0.1) is 0 Å². The number of rotatable bonds is 7. The summed E-state index contributed by atoms with van der Waals surface area (Å²) in [5.74, 6) is -0.898. The normalized spacial score (nSPS) is 38.5. The molecule has 3 aliphatic heterocycles. The van der Waals surface area contributed by atoms with E-state index in [0.29, 0.717) is 24.3 Å². The van der Waals surface area contributed by atoms with Crippen molar-refractivity contribution in [3.63, 3.8) is 0 Å². The fourth-order valence-electron chi connectivity index (χ4n) is 5.23. The fourth-order valence-corrected chi connectivity index (χ4v) is 5.23. The first kappa shape index (κ1) is 18.0. The highest BCUT2D eigenvalue weighted by Crippen LogP contribution is 2.52. The Balaban J connectivity index is 1.42. The molecule has 3 saturated heterocycles. The molecular weight excluding hydrogens is 330 g/mol. The number of hydrogen-bond acceptors (Lipinski definition) is 4. The van der Waals surface area contributed by atoms with Crippen molar-refractivity contribution in [1.82, 2.24) is 0 Å². The second-order valence-electron chi connectivity index (χ2n) is 8.30. The zero-order chi connectivity index (χ0) is 18.3. The molecule has 0 saturated carbocycles. The Labute approximate surface area is 155 Å². The Morgan fingerprint density at radius 2 is 1.92 bits per heavy atom. The number of quaternary nitrogens is 1. The predicted octanol–water partition coefficient (Wildman–Crippen LogP) is 2.23. The van der Waals surface area contributed by atoms with E-state index in [1.54, 1.807) is 0 Å². The molecule has 5 nitrogen and oxygen atoms in total. The number of unbranched alkanes of at least 4 members (excludes halogenated alkanes) is 1. The molecule has 1 aromatic rings. The van der Waals surface area contributed by atoms with Crippen molar-refractivity contribution in [2.75, 3.05) is 20.2 Å². The van der Waals surface area contributed by atoms with Gasteiger partial charge in [-0.05, 0) is 12.0 Å². The number of piperidine rings is 1. The number of epoxide rings is 1. The van der Waals surface area contributed by atoms with Gasteiger partial charge in [-0.2, -0.15) is 0 Å². The Morgan fingerprint density at radius 1 is 1.27 bits per heavy atom. The predicted molar refractivity (Wildman–Crippen MR) is 97.6 cm³/mol. The molecule has 26 heavy (non-hydrogen) atoms. The van der Waals surface area contributed by atoms with Crippen molar-refractivity contribution in [2.45, 2.75) is 68.9 Å². The summed E-state index contributed by atoms with van der Waals surface area (Å²) in [7, 11) is 2.36. The number of fused-ring (bicyclic) bond motifs is 5. The van der Waals surface area contributed by atoms with Gasteiger partial charge in [0.1, 0.15) is 36.3 Å². The lowest BCUT2D eigenvalue weighted by atomic mass is 9.94. The van der Waals surface area contributed by atoms with Crippen LogP contribution >= 0.6 is 0 Å². The minimum Gasteiger partial charge on any atom is -0.461 e. The number of aliphatic hydroxyl groups is 1. The van der Waals surface area contributed by atoms with Crippen molar-refractivity contribution in [1.29, 1.82) is 0 Å². The third kappa shape index (κ3) is 2.96. The fraction of sp³-hybridized carbons (Fsp3) is 0.667. The van der Waals surface area contributed by atoms with Gasteiger partial charge in [-0.1, -0.05) is 43.7 Å². The molecule has 7 atom stereocenters. The average Bonchev–Trinajstić information content (AvgIpc) is 3.40. The van der Waals surface area contributed by atoms with E-state index in [9.17, 15) is 9.90 Å². The number of hydrogen-bond donors (Lipinski definition) is 1. The SMILES string of the molecule is CCCC[N+]1(C)[C@@H]2CC(OC(=O)[C@H](CO)c3ccccc3)C[C@H]1C1OC12. The first-order valence-corrected chi connectivity index (χ1v) is 9.95. The van der Waals surface area contributed by atoms with Gasteiger partial charge in [0.25, 0.3) is 0 Å². The number of benzene rings is 1. The third-order valence-corrected chi connectivity index (χ3v) is 6.79. The van der Waals surface area contributed by atoms with Gasteiger partial charge in [0.05, 0.1) is 20.2 Å². The molecule has 2 bridgehead atoms. The molecular formula is C21H30NO4+. The summed E-state index contributed by atoms with van der Waals surface area (Å²) in [5.41, 5.74) is 0.813. The van der Waals surface area contributed by atoms with E-state index in [1.807, 2.05) is 30.3 Å². The maximum atomic E-state index is 12.7. The van der Waals surface area contributed by atoms with E-state index in [2.05, 4.69) is 14.0 Å². The third-order valence-electron chi connectivity index (χ3n) is 6.79. The molecule has 3 fully saturated rings. The van der Waals surface area contributed by atoms with E-state index in [4.69, 9.17) is 9.47 Å². The highest BCUT2D eigenvalue weighted by molar-refractivity contribution is 5.78. The van der Waals surface area contributed by atoms with Gasteiger partial charge in [-0.3, -0.25) is 4.79 Å². The molecule has 142 valence electrons. The quantitative estimate of drug-likeness (QED) is 0.460. The summed E-state index contributed by atoms with van der Waals surface area (Å²) in [6.45, 7) is 3.20. The van der Waals surface area contributed by atoms with Gasteiger partial charge in [-0.25, -0.2) is 0 Å². The van der Waals surface area contributed by atoms with E-state index in [0.717, 1.165) is 22.9 Å². The summed E-state index contributed by atoms with van der Waals surface area (Å²) in [6.07, 6.45) is 4.83. The second-order valence-corrected chi connectivity index (χ2v) is 8.30. The molecule has 1 N–H and O–H groups in total. The van der Waals surface area contributed by atoms with Crippen LogP contribution in [-0.4, -0.2) is 66.2 Å². The van der Waals surface area contributed by atoms with Crippen LogP contribution in [0.1, 0.15) is 44.1 Å². The Hall–Kier alpha value is -1.43. The number of esters is 1. The van der Waals surface area contributed by atoms with E-state index in [1.165, 1.54) is 19.4 Å². The van der Waals surface area contributed by atoms with Gasteiger partial charge >= 0.3 is 5.97 Å². The summed E-state index contributed by atoms with van der Waals surface area (Å²) < 4.78 is 12.9. The number of ether oxygens (including phenoxy) is 2. The van der Waals surface area contributed by atoms with Crippen LogP contribution in [0.15, 0.2) is 30.3 Å². The van der Waals surface area contributed by atoms with Crippen LogP contribution in [-0.2, 0) is 14.3 Å². The molecule has 0 aliphatic carbocycles. The number of nitrogens with zero attached hydrogens (tertiary/aromatic N) is 1. The lowest BCUT2D eigenvalue weighted by molar-refractivity contribution is -0.956. The van der Waals surface area contributed by atoms with E-state index < -0.39 is 5.92 Å². The molecule has 3 heterocycles. The number of morpholine rings is 1. The molecule has 3 aliphatic rings. The standard InChI is InChI=1S/C21H30NO4/c1-3-4-10-22(2)17-11-15(12-18(22)20-19(17)26-20)25-21(24)16(13-23)14-8-6-5-7-9-14/h5-9,15-20,23H,3-4,10-13H2,1-2H3/q+1/t15?,16-,17-,18+,19?,20?,22?/m1/s1. The van der Waals surface area contributed by atoms with Crippen LogP contribution < -0.4 is 0 Å². The van der Waals surface area contributed by atoms with Crippen molar-refractivity contribution >= 4 is 5.97 Å². The minimum absolute atomic E-state index is 0.0560. The Kier molecular flexibility index (Phi) is 4.80. The van der Waals surface area contributed by atoms with Gasteiger partial charge < -0.3 is 19.1 Å². The van der Waals surface area contributed by atoms with Crippen molar-refractivity contribution < 1.29 is 23.9 Å². The number of carbonyl (C=O) groups is 1. The molecule has 4 unspecified atom stereocenters. The lowest BCUT2D eigenvalue weighted by Crippen LogP contribution is -2.62. The topological polar surface area (TPSA) is 59.1 Å². The van der Waals surface area contributed by atoms with Gasteiger partial charge in [0.2, 0.25) is 0 Å². The maximum Gasteiger partial charge on any atom is 0.316 e. The zero-order valence-electron chi connectivity index (χ0n) is 15.7. The maximum absolute atomic E-state index is 12.7. The molecule has 5 heteroatoms. The molecule has 1 aromatic carbocycles. The van der Waals surface area contributed by atoms with Crippen LogP contribution in [0.3, 0.4) is 0 Å². The van der Waals surface area contributed by atoms with Crippen molar-refractivity contribution in [2.24, 2.45) is 0 Å². The molecule has 0 amide bonds. The largest absolute Gasteiger partial charge is 0.461 e. The Bertz CT molecular complexity index is 631. The van der Waals surface area contributed by atoms with Crippen LogP contribution in [0.4, 0.5) is 0 Å². The number of likely N-dealkylation sites (N-methyl/N-ethyl adjacent to an activating group) is 1. The monoisotopic (exact) mass is 360 g/mol. The minimum atomic E-state index is -0.595. The molecule has 0 aromatic heterocycles. The van der Waals surface area contributed by atoms with Crippen LogP contribution in [0, 0.1) is 0 Å². The van der Waals surface area contributed by atoms with Crippen LogP contribution in [0.25, 0.3) is 0 Å². The molecule has 0 spiro atoms. The average molecular weight is 360 g/mol. The number of carbonyl (C=O) groups excluding carboxylic acids is 1. The number of aliphatic hydroxyl groups excluding tert-OH is 1. The molecule has 4 rings (SSSR count). The summed E-state index contributed by atoms with van der Waals surface area (Å²) in [6, 6.07) is 10.3. The highest BCUT2D eigenvalue weighted by atomic mass is 16.6. The van der Waals surface area contributed by atoms with E-state index in [-0.39, 0.29) is 18.7 Å². The first-order chi connectivity index (χ1) is 12.6. The molecule has 0 radical (unpaired) electrons. The Morgan fingerprint density at radius 3 is 2.50 bits per heavy atom. The summed E-state index contributed by atoms with van der Waals surface area (Å²) in [5, 5.41) is 9.70. The van der Waals surface area contributed by atoms with Crippen molar-refractivity contribution in [3.8, 4) is 0 Å². The van der Waals surface area contributed by atoms with Crippen LogP contribution in [0.2, 0.25) is 0 Å². The zero-order valence-corrected chi connectivity index (χ0v) is 15.7. The highest BCUT2D eigenvalue weighted by Gasteiger charge is 2.71.